The largest absolute Gasteiger partial charge is 0.381 e. The summed E-state index contributed by atoms with van der Waals surface area (Å²) in [4.78, 5) is 14.8. The SMILES string of the molecule is C[C@@H](N1CCn2cc(-c3ccc(C#N)nc3)nc2C1)[C@](O)(Cn1cncn1)c1ccc(F)cc1F. The van der Waals surface area contributed by atoms with Crippen LogP contribution in [0.15, 0.2) is 55.4 Å². The molecule has 0 aliphatic carbocycles. The fourth-order valence-corrected chi connectivity index (χ4v) is 4.50. The molecule has 0 unspecified atom stereocenters. The summed E-state index contributed by atoms with van der Waals surface area (Å²) in [5, 5.41) is 24.9. The molecule has 0 saturated heterocycles. The summed E-state index contributed by atoms with van der Waals surface area (Å²) >= 11 is 0. The number of hydrogen-bond donors (Lipinski definition) is 1. The fraction of sp³-hybridized carbons (Fsp3) is 0.292. The number of benzene rings is 1. The third-order valence-corrected chi connectivity index (χ3v) is 6.51. The van der Waals surface area contributed by atoms with Gasteiger partial charge in [-0.15, -0.1) is 0 Å². The normalized spacial score (nSPS) is 16.3. The number of nitriles is 1. The van der Waals surface area contributed by atoms with Crippen molar-refractivity contribution in [1.29, 1.82) is 5.26 Å². The third kappa shape index (κ3) is 4.29. The molecule has 0 saturated carbocycles. The standard InChI is InChI=1S/C24H22F2N8O/c1-16(24(35,13-34-15-28-14-30-34)20-5-3-18(25)8-21(20)26)32-6-7-33-11-22(31-23(33)12-32)17-2-4-19(9-27)29-10-17/h2-5,8,10-11,14-16,35H,6-7,12-13H2,1H3/t16-,24-/m1/s1. The van der Waals surface area contributed by atoms with Crippen molar-refractivity contribution in [3.63, 3.8) is 0 Å². The van der Waals surface area contributed by atoms with Crippen molar-refractivity contribution in [2.75, 3.05) is 6.54 Å². The Hall–Kier alpha value is -4.01. The van der Waals surface area contributed by atoms with E-state index in [0.717, 1.165) is 29.2 Å². The highest BCUT2D eigenvalue weighted by molar-refractivity contribution is 5.58. The maximum absolute atomic E-state index is 14.9. The quantitative estimate of drug-likeness (QED) is 0.455. The van der Waals surface area contributed by atoms with Crippen LogP contribution in [0, 0.1) is 23.0 Å². The lowest BCUT2D eigenvalue weighted by atomic mass is 9.85. The maximum atomic E-state index is 14.9. The summed E-state index contributed by atoms with van der Waals surface area (Å²) < 4.78 is 32.0. The van der Waals surface area contributed by atoms with Crippen LogP contribution in [-0.4, -0.2) is 51.9 Å². The number of fused-ring (bicyclic) bond motifs is 1. The summed E-state index contributed by atoms with van der Waals surface area (Å²) in [6, 6.07) is 8.06. The zero-order chi connectivity index (χ0) is 24.6. The second-order valence-electron chi connectivity index (χ2n) is 8.57. The number of aromatic nitrogens is 6. The lowest BCUT2D eigenvalue weighted by Gasteiger charge is -2.42. The average molecular weight is 476 g/mol. The summed E-state index contributed by atoms with van der Waals surface area (Å²) in [6.07, 6.45) is 6.33. The van der Waals surface area contributed by atoms with Gasteiger partial charge in [0.2, 0.25) is 0 Å². The van der Waals surface area contributed by atoms with E-state index in [0.29, 0.717) is 25.3 Å². The highest BCUT2D eigenvalue weighted by Gasteiger charge is 2.43. The molecule has 1 aliphatic rings. The predicted octanol–water partition coefficient (Wildman–Crippen LogP) is 2.48. The molecule has 0 spiro atoms. The van der Waals surface area contributed by atoms with E-state index in [1.54, 1.807) is 18.3 Å². The van der Waals surface area contributed by atoms with Gasteiger partial charge in [-0.1, -0.05) is 6.07 Å². The molecule has 4 heterocycles. The van der Waals surface area contributed by atoms with Crippen molar-refractivity contribution in [2.45, 2.75) is 38.2 Å². The van der Waals surface area contributed by atoms with Crippen molar-refractivity contribution in [3.05, 3.63) is 84.1 Å². The first-order valence-electron chi connectivity index (χ1n) is 11.0. The highest BCUT2D eigenvalue weighted by Crippen LogP contribution is 2.34. The van der Waals surface area contributed by atoms with Gasteiger partial charge in [0, 0.05) is 48.7 Å². The molecule has 1 aliphatic heterocycles. The van der Waals surface area contributed by atoms with Gasteiger partial charge in [-0.3, -0.25) is 4.90 Å². The minimum absolute atomic E-state index is 0.0137. The molecule has 1 N–H and O–H groups in total. The molecule has 35 heavy (non-hydrogen) atoms. The van der Waals surface area contributed by atoms with Crippen LogP contribution in [0.25, 0.3) is 11.3 Å². The topological polar surface area (TPSA) is 109 Å². The van der Waals surface area contributed by atoms with Gasteiger partial charge in [-0.2, -0.15) is 10.4 Å². The van der Waals surface area contributed by atoms with E-state index in [1.807, 2.05) is 28.7 Å². The van der Waals surface area contributed by atoms with Crippen LogP contribution in [0.3, 0.4) is 0 Å². The first-order chi connectivity index (χ1) is 16.9. The van der Waals surface area contributed by atoms with Gasteiger partial charge < -0.3 is 9.67 Å². The Morgan fingerprint density at radius 2 is 2.09 bits per heavy atom. The molecular weight excluding hydrogens is 454 g/mol. The van der Waals surface area contributed by atoms with Crippen molar-refractivity contribution < 1.29 is 13.9 Å². The van der Waals surface area contributed by atoms with Crippen LogP contribution >= 0.6 is 0 Å². The Balaban J connectivity index is 1.44. The molecule has 4 aromatic rings. The summed E-state index contributed by atoms with van der Waals surface area (Å²) in [6.45, 7) is 3.35. The van der Waals surface area contributed by atoms with Gasteiger partial charge in [0.25, 0.3) is 0 Å². The molecule has 0 bridgehead atoms. The van der Waals surface area contributed by atoms with Crippen LogP contribution in [0.5, 0.6) is 0 Å². The van der Waals surface area contributed by atoms with Crippen LogP contribution in [-0.2, 0) is 25.2 Å². The smallest absolute Gasteiger partial charge is 0.140 e. The van der Waals surface area contributed by atoms with Gasteiger partial charge >= 0.3 is 0 Å². The first-order valence-corrected chi connectivity index (χ1v) is 11.0. The van der Waals surface area contributed by atoms with Gasteiger partial charge in [0.15, 0.2) is 0 Å². The molecular formula is C24H22F2N8O. The second kappa shape index (κ2) is 8.98. The minimum Gasteiger partial charge on any atom is -0.381 e. The van der Waals surface area contributed by atoms with E-state index in [1.165, 1.54) is 23.4 Å². The zero-order valence-corrected chi connectivity index (χ0v) is 18.9. The van der Waals surface area contributed by atoms with E-state index in [4.69, 9.17) is 10.2 Å². The lowest BCUT2D eigenvalue weighted by Crippen LogP contribution is -2.53. The molecule has 5 rings (SSSR count). The monoisotopic (exact) mass is 476 g/mol. The molecule has 2 atom stereocenters. The minimum atomic E-state index is -1.72. The van der Waals surface area contributed by atoms with Crippen molar-refractivity contribution in [1.82, 2.24) is 34.2 Å². The Bertz CT molecular complexity index is 1380. The van der Waals surface area contributed by atoms with Gasteiger partial charge in [-0.05, 0) is 25.1 Å². The number of imidazole rings is 1. The number of hydrogen-bond acceptors (Lipinski definition) is 7. The number of aliphatic hydroxyl groups is 1. The molecule has 9 nitrogen and oxygen atoms in total. The van der Waals surface area contributed by atoms with E-state index in [2.05, 4.69) is 15.1 Å². The molecule has 178 valence electrons. The van der Waals surface area contributed by atoms with Gasteiger partial charge in [0.1, 0.15) is 47.5 Å². The van der Waals surface area contributed by atoms with E-state index in [-0.39, 0.29) is 12.1 Å². The predicted molar refractivity (Wildman–Crippen MR) is 120 cm³/mol. The Morgan fingerprint density at radius 1 is 1.23 bits per heavy atom. The van der Waals surface area contributed by atoms with Gasteiger partial charge in [0.05, 0.1) is 18.8 Å². The Morgan fingerprint density at radius 3 is 2.77 bits per heavy atom. The van der Waals surface area contributed by atoms with E-state index in [9.17, 15) is 13.9 Å². The Labute approximate surface area is 199 Å². The van der Waals surface area contributed by atoms with Crippen molar-refractivity contribution in [3.8, 4) is 17.3 Å². The summed E-state index contributed by atoms with van der Waals surface area (Å²) in [7, 11) is 0. The summed E-state index contributed by atoms with van der Waals surface area (Å²) in [5.41, 5.74) is 0.119. The zero-order valence-electron chi connectivity index (χ0n) is 18.9. The maximum Gasteiger partial charge on any atom is 0.140 e. The molecule has 11 heteroatoms. The summed E-state index contributed by atoms with van der Waals surface area (Å²) in [5.74, 6) is -0.759. The van der Waals surface area contributed by atoms with Gasteiger partial charge in [-0.25, -0.2) is 28.4 Å². The molecule has 1 aromatic carbocycles. The van der Waals surface area contributed by atoms with Crippen LogP contribution in [0.2, 0.25) is 0 Å². The van der Waals surface area contributed by atoms with Crippen LogP contribution in [0.4, 0.5) is 8.78 Å². The lowest BCUT2D eigenvalue weighted by molar-refractivity contribution is -0.0709. The third-order valence-electron chi connectivity index (χ3n) is 6.51. The van der Waals surface area contributed by atoms with Crippen molar-refractivity contribution >= 4 is 0 Å². The fourth-order valence-electron chi connectivity index (χ4n) is 4.50. The molecule has 0 fully saturated rings. The van der Waals surface area contributed by atoms with E-state index >= 15 is 0 Å². The number of nitrogens with zero attached hydrogens (tertiary/aromatic N) is 8. The Kier molecular flexibility index (Phi) is 5.84. The molecule has 0 amide bonds. The second-order valence-corrected chi connectivity index (χ2v) is 8.57. The van der Waals surface area contributed by atoms with Crippen molar-refractivity contribution in [2.24, 2.45) is 0 Å². The molecule has 3 aromatic heterocycles. The number of rotatable bonds is 6. The average Bonchev–Trinajstić information content (AvgIpc) is 3.52. The van der Waals surface area contributed by atoms with Crippen LogP contribution < -0.4 is 0 Å². The first kappa shape index (κ1) is 22.8. The highest BCUT2D eigenvalue weighted by atomic mass is 19.1. The molecule has 0 radical (unpaired) electrons. The number of pyridine rings is 1. The number of halogens is 2. The van der Waals surface area contributed by atoms with E-state index < -0.39 is 23.3 Å². The van der Waals surface area contributed by atoms with Crippen LogP contribution in [0.1, 0.15) is 24.0 Å².